The van der Waals surface area contributed by atoms with Crippen molar-refractivity contribution in [2.24, 2.45) is 23.7 Å². The Morgan fingerprint density at radius 3 is 2.24 bits per heavy atom. The third-order valence-electron chi connectivity index (χ3n) is 9.94. The number of hydrogen-bond acceptors (Lipinski definition) is 4. The molecule has 1 heterocycles. The molecule has 1 aliphatic heterocycles. The minimum absolute atomic E-state index is 0.384. The van der Waals surface area contributed by atoms with Crippen molar-refractivity contribution >= 4 is 21.5 Å². The molecule has 4 heteroatoms. The van der Waals surface area contributed by atoms with Gasteiger partial charge in [0.2, 0.25) is 0 Å². The Morgan fingerprint density at radius 1 is 0.730 bits per heavy atom. The number of benzene rings is 4. The smallest absolute Gasteiger partial charge is 0.260 e. The standard InChI is InChI=1S/C33H32O4/c1-34-33(32(36-37-33)26-15-21-14-22(17-26)18-27(32)16-21)25-8-5-9-28(19-25)35-20-24-7-4-11-31-29-10-3-2-6-23(29)12-13-30(24)31/h2-13,19,21-22,26-27H,14-18,20H2,1H3. The first-order valence-corrected chi connectivity index (χ1v) is 13.7. The summed E-state index contributed by atoms with van der Waals surface area (Å²) in [5.41, 5.74) is 1.79. The Labute approximate surface area is 217 Å². The molecule has 5 aliphatic rings. The van der Waals surface area contributed by atoms with E-state index in [1.807, 2.05) is 12.1 Å². The molecule has 4 aromatic rings. The number of rotatable bonds is 5. The zero-order valence-corrected chi connectivity index (χ0v) is 21.2. The van der Waals surface area contributed by atoms with Crippen molar-refractivity contribution in [3.8, 4) is 5.75 Å². The normalized spacial score (nSPS) is 33.8. The van der Waals surface area contributed by atoms with E-state index in [-0.39, 0.29) is 5.60 Å². The predicted octanol–water partition coefficient (Wildman–Crippen LogP) is 7.53. The van der Waals surface area contributed by atoms with Gasteiger partial charge in [-0.25, -0.2) is 4.89 Å². The Kier molecular flexibility index (Phi) is 4.80. The van der Waals surface area contributed by atoms with Gasteiger partial charge in [-0.2, -0.15) is 4.89 Å². The van der Waals surface area contributed by atoms with Crippen LogP contribution in [-0.2, 0) is 26.9 Å². The van der Waals surface area contributed by atoms with Gasteiger partial charge in [0, 0.05) is 12.7 Å². The number of fused-ring (bicyclic) bond motifs is 3. The van der Waals surface area contributed by atoms with E-state index in [2.05, 4.69) is 66.7 Å². The summed E-state index contributed by atoms with van der Waals surface area (Å²) in [5.74, 6) is 2.63. The first kappa shape index (κ1) is 22.1. The van der Waals surface area contributed by atoms with Crippen LogP contribution in [0.2, 0.25) is 0 Å². The minimum atomic E-state index is -0.868. The van der Waals surface area contributed by atoms with Crippen LogP contribution in [0.1, 0.15) is 43.2 Å². The second kappa shape index (κ2) is 8.04. The summed E-state index contributed by atoms with van der Waals surface area (Å²) >= 11 is 0. The largest absolute Gasteiger partial charge is 0.489 e. The highest BCUT2D eigenvalue weighted by Gasteiger charge is 2.76. The van der Waals surface area contributed by atoms with Crippen LogP contribution in [0.15, 0.2) is 78.9 Å². The first-order valence-electron chi connectivity index (χ1n) is 13.7. The van der Waals surface area contributed by atoms with Crippen molar-refractivity contribution < 1.29 is 19.2 Å². The van der Waals surface area contributed by atoms with Gasteiger partial charge in [-0.05, 0) is 95.0 Å². The average Bonchev–Trinajstić information content (AvgIpc) is 2.91. The number of methoxy groups -OCH3 is 1. The Bertz CT molecular complexity index is 1480. The highest BCUT2D eigenvalue weighted by molar-refractivity contribution is 6.08. The van der Waals surface area contributed by atoms with Crippen LogP contribution >= 0.6 is 0 Å². The molecule has 188 valence electrons. The van der Waals surface area contributed by atoms with Crippen molar-refractivity contribution in [3.63, 3.8) is 0 Å². The maximum absolute atomic E-state index is 6.40. The molecule has 5 fully saturated rings. The summed E-state index contributed by atoms with van der Waals surface area (Å²) in [7, 11) is 1.77. The quantitative estimate of drug-likeness (QED) is 0.213. The molecule has 4 aliphatic carbocycles. The van der Waals surface area contributed by atoms with Crippen molar-refractivity contribution in [1.29, 1.82) is 0 Å². The first-order chi connectivity index (χ1) is 18.2. The van der Waals surface area contributed by atoms with Crippen LogP contribution in [0.4, 0.5) is 0 Å². The van der Waals surface area contributed by atoms with Crippen LogP contribution in [0.5, 0.6) is 5.75 Å². The minimum Gasteiger partial charge on any atom is -0.489 e. The van der Waals surface area contributed by atoms with E-state index in [0.29, 0.717) is 18.4 Å². The zero-order valence-electron chi connectivity index (χ0n) is 21.2. The number of hydrogen-bond donors (Lipinski definition) is 0. The maximum atomic E-state index is 6.40. The zero-order chi connectivity index (χ0) is 24.6. The summed E-state index contributed by atoms with van der Waals surface area (Å²) < 4.78 is 12.7. The molecule has 4 aromatic carbocycles. The molecule has 37 heavy (non-hydrogen) atoms. The molecule has 4 bridgehead atoms. The third-order valence-corrected chi connectivity index (χ3v) is 9.94. The van der Waals surface area contributed by atoms with E-state index < -0.39 is 5.79 Å². The molecule has 1 saturated heterocycles. The Balaban J connectivity index is 1.11. The van der Waals surface area contributed by atoms with Gasteiger partial charge in [0.25, 0.3) is 5.79 Å². The fourth-order valence-electron chi connectivity index (χ4n) is 8.54. The lowest BCUT2D eigenvalue weighted by Crippen LogP contribution is -2.76. The summed E-state index contributed by atoms with van der Waals surface area (Å²) in [6.07, 6.45) is 6.32. The van der Waals surface area contributed by atoms with Gasteiger partial charge in [-0.15, -0.1) is 0 Å². The summed E-state index contributed by atoms with van der Waals surface area (Å²) in [6.45, 7) is 0.496. The van der Waals surface area contributed by atoms with Crippen molar-refractivity contribution in [3.05, 3.63) is 90.0 Å². The van der Waals surface area contributed by atoms with Crippen molar-refractivity contribution in [2.45, 2.75) is 50.1 Å². The van der Waals surface area contributed by atoms with Crippen LogP contribution in [0.3, 0.4) is 0 Å². The van der Waals surface area contributed by atoms with E-state index in [9.17, 15) is 0 Å². The maximum Gasteiger partial charge on any atom is 0.260 e. The molecule has 9 rings (SSSR count). The van der Waals surface area contributed by atoms with Crippen molar-refractivity contribution in [2.75, 3.05) is 7.11 Å². The van der Waals surface area contributed by atoms with Gasteiger partial charge in [-0.3, -0.25) is 0 Å². The molecule has 1 spiro atoms. The molecule has 1 unspecified atom stereocenters. The lowest BCUT2D eigenvalue weighted by Gasteiger charge is -2.68. The van der Waals surface area contributed by atoms with E-state index in [1.54, 1.807) is 7.11 Å². The SMILES string of the molecule is COC1(c2cccc(OCc3cccc4c3ccc3ccccc34)c2)OOC12C1CC3CC(C1)CC2C3. The predicted molar refractivity (Wildman–Crippen MR) is 143 cm³/mol. The van der Waals surface area contributed by atoms with Gasteiger partial charge in [0.05, 0.1) is 0 Å². The molecule has 0 N–H and O–H groups in total. The van der Waals surface area contributed by atoms with Crippen molar-refractivity contribution in [1.82, 2.24) is 0 Å². The highest BCUT2D eigenvalue weighted by Crippen LogP contribution is 2.69. The fraction of sp³-hybridized carbons (Fsp3) is 0.394. The van der Waals surface area contributed by atoms with Gasteiger partial charge >= 0.3 is 0 Å². The van der Waals surface area contributed by atoms with Gasteiger partial charge in [0.15, 0.2) is 5.60 Å². The monoisotopic (exact) mass is 492 g/mol. The number of ether oxygens (including phenoxy) is 2. The molecule has 0 aromatic heterocycles. The Hall–Kier alpha value is -2.92. The molecule has 1 atom stereocenters. The molecule has 0 radical (unpaired) electrons. The summed E-state index contributed by atoms with van der Waals surface area (Å²) in [5, 5.41) is 5.02. The topological polar surface area (TPSA) is 36.9 Å². The average molecular weight is 493 g/mol. The molecular formula is C33H32O4. The lowest BCUT2D eigenvalue weighted by molar-refractivity contribution is -0.645. The van der Waals surface area contributed by atoms with E-state index in [4.69, 9.17) is 19.2 Å². The molecular weight excluding hydrogens is 460 g/mol. The van der Waals surface area contributed by atoms with Gasteiger partial charge < -0.3 is 9.47 Å². The molecule has 0 amide bonds. The van der Waals surface area contributed by atoms with Crippen LogP contribution in [0.25, 0.3) is 21.5 Å². The van der Waals surface area contributed by atoms with E-state index >= 15 is 0 Å². The Morgan fingerprint density at radius 2 is 1.49 bits per heavy atom. The second-order valence-corrected chi connectivity index (χ2v) is 11.7. The van der Waals surface area contributed by atoms with Gasteiger partial charge in [0.1, 0.15) is 12.4 Å². The molecule has 4 nitrogen and oxygen atoms in total. The molecule has 4 saturated carbocycles. The summed E-state index contributed by atoms with van der Waals surface area (Å²) in [6, 6.07) is 27.7. The van der Waals surface area contributed by atoms with E-state index in [0.717, 1.165) is 23.1 Å². The summed E-state index contributed by atoms with van der Waals surface area (Å²) in [4.78, 5) is 12.1. The van der Waals surface area contributed by atoms with Crippen LogP contribution < -0.4 is 4.74 Å². The van der Waals surface area contributed by atoms with Crippen LogP contribution in [-0.4, -0.2) is 12.7 Å². The van der Waals surface area contributed by atoms with Gasteiger partial charge in [-0.1, -0.05) is 66.7 Å². The highest BCUT2D eigenvalue weighted by atomic mass is 17.3. The lowest BCUT2D eigenvalue weighted by atomic mass is 9.47. The fourth-order valence-corrected chi connectivity index (χ4v) is 8.54. The third kappa shape index (κ3) is 3.01. The van der Waals surface area contributed by atoms with Crippen LogP contribution in [0, 0.1) is 23.7 Å². The van der Waals surface area contributed by atoms with E-state index in [1.165, 1.54) is 59.2 Å². The second-order valence-electron chi connectivity index (χ2n) is 11.7.